The minimum Gasteiger partial charge on any atom is -0.311 e. The van der Waals surface area contributed by atoms with Gasteiger partial charge in [-0.2, -0.15) is 5.10 Å². The number of benzene rings is 1. The SMILES string of the molecule is CCCNCc1ccn(-c2cc(F)ccc2F)n1. The summed E-state index contributed by atoms with van der Waals surface area (Å²) in [7, 11) is 0. The Morgan fingerprint density at radius 3 is 2.89 bits per heavy atom. The fourth-order valence-corrected chi connectivity index (χ4v) is 1.64. The van der Waals surface area contributed by atoms with Crippen LogP contribution in [0.15, 0.2) is 30.5 Å². The number of hydrogen-bond acceptors (Lipinski definition) is 2. The second-order valence-corrected chi connectivity index (χ2v) is 4.02. The van der Waals surface area contributed by atoms with Crippen molar-refractivity contribution in [3.8, 4) is 5.69 Å². The van der Waals surface area contributed by atoms with E-state index in [0.717, 1.165) is 36.9 Å². The summed E-state index contributed by atoms with van der Waals surface area (Å²) in [6.07, 6.45) is 2.67. The van der Waals surface area contributed by atoms with E-state index in [4.69, 9.17) is 0 Å². The van der Waals surface area contributed by atoms with Crippen LogP contribution < -0.4 is 5.32 Å². The lowest BCUT2D eigenvalue weighted by molar-refractivity contribution is 0.584. The molecule has 0 fully saturated rings. The summed E-state index contributed by atoms with van der Waals surface area (Å²) >= 11 is 0. The molecule has 3 nitrogen and oxygen atoms in total. The fourth-order valence-electron chi connectivity index (χ4n) is 1.64. The number of nitrogens with one attached hydrogen (secondary N) is 1. The molecule has 1 aromatic carbocycles. The molecule has 2 rings (SSSR count). The number of aromatic nitrogens is 2. The zero-order valence-electron chi connectivity index (χ0n) is 10.2. The molecular formula is C13H15F2N3. The molecule has 1 aromatic heterocycles. The van der Waals surface area contributed by atoms with Crippen LogP contribution in [0.4, 0.5) is 8.78 Å². The highest BCUT2D eigenvalue weighted by Gasteiger charge is 2.07. The van der Waals surface area contributed by atoms with E-state index >= 15 is 0 Å². The van der Waals surface area contributed by atoms with Crippen LogP contribution in [-0.4, -0.2) is 16.3 Å². The summed E-state index contributed by atoms with van der Waals surface area (Å²) in [4.78, 5) is 0. The first kappa shape index (κ1) is 12.7. The average Bonchev–Trinajstić information content (AvgIpc) is 2.81. The van der Waals surface area contributed by atoms with Crippen molar-refractivity contribution in [2.75, 3.05) is 6.54 Å². The maximum absolute atomic E-state index is 13.5. The van der Waals surface area contributed by atoms with Crippen molar-refractivity contribution < 1.29 is 8.78 Å². The zero-order chi connectivity index (χ0) is 13.0. The van der Waals surface area contributed by atoms with Gasteiger partial charge in [-0.15, -0.1) is 0 Å². The quantitative estimate of drug-likeness (QED) is 0.828. The molecule has 0 unspecified atom stereocenters. The Hall–Kier alpha value is -1.75. The van der Waals surface area contributed by atoms with E-state index in [0.29, 0.717) is 6.54 Å². The van der Waals surface area contributed by atoms with Gasteiger partial charge in [-0.1, -0.05) is 6.92 Å². The lowest BCUT2D eigenvalue weighted by Gasteiger charge is -2.03. The van der Waals surface area contributed by atoms with E-state index < -0.39 is 11.6 Å². The van der Waals surface area contributed by atoms with Crippen LogP contribution in [0.1, 0.15) is 19.0 Å². The van der Waals surface area contributed by atoms with Crippen LogP contribution in [0.2, 0.25) is 0 Å². The van der Waals surface area contributed by atoms with E-state index in [1.165, 1.54) is 4.68 Å². The molecule has 0 radical (unpaired) electrons. The molecule has 0 aliphatic rings. The third kappa shape index (κ3) is 2.92. The first-order chi connectivity index (χ1) is 8.70. The molecule has 0 bridgehead atoms. The average molecular weight is 251 g/mol. The molecule has 0 saturated heterocycles. The highest BCUT2D eigenvalue weighted by atomic mass is 19.1. The first-order valence-electron chi connectivity index (χ1n) is 5.91. The van der Waals surface area contributed by atoms with Gasteiger partial charge in [-0.3, -0.25) is 0 Å². The molecule has 96 valence electrons. The van der Waals surface area contributed by atoms with Gasteiger partial charge in [0.1, 0.15) is 17.3 Å². The van der Waals surface area contributed by atoms with Gasteiger partial charge in [0.25, 0.3) is 0 Å². The Bertz CT molecular complexity index is 523. The smallest absolute Gasteiger partial charge is 0.149 e. The molecule has 1 heterocycles. The topological polar surface area (TPSA) is 29.9 Å². The molecule has 2 aromatic rings. The van der Waals surface area contributed by atoms with Crippen molar-refractivity contribution in [2.45, 2.75) is 19.9 Å². The van der Waals surface area contributed by atoms with Crippen LogP contribution in [0.5, 0.6) is 0 Å². The fraction of sp³-hybridized carbons (Fsp3) is 0.308. The lowest BCUT2D eigenvalue weighted by Crippen LogP contribution is -2.14. The normalized spacial score (nSPS) is 10.8. The molecule has 0 aliphatic carbocycles. The highest BCUT2D eigenvalue weighted by molar-refractivity contribution is 5.33. The summed E-state index contributed by atoms with van der Waals surface area (Å²) in [5.74, 6) is -0.972. The number of hydrogen-bond donors (Lipinski definition) is 1. The van der Waals surface area contributed by atoms with Crippen LogP contribution in [0.25, 0.3) is 5.69 Å². The van der Waals surface area contributed by atoms with Gasteiger partial charge in [0.2, 0.25) is 0 Å². The van der Waals surface area contributed by atoms with Gasteiger partial charge in [-0.05, 0) is 31.2 Å². The molecule has 5 heteroatoms. The Morgan fingerprint density at radius 2 is 2.11 bits per heavy atom. The predicted octanol–water partition coefficient (Wildman–Crippen LogP) is 2.65. The Labute approximate surface area is 104 Å². The molecule has 0 saturated carbocycles. The maximum atomic E-state index is 13.5. The summed E-state index contributed by atoms with van der Waals surface area (Å²) in [5.41, 5.74) is 0.920. The van der Waals surface area contributed by atoms with E-state index in [1.54, 1.807) is 12.3 Å². The van der Waals surface area contributed by atoms with Gasteiger partial charge < -0.3 is 5.32 Å². The number of rotatable bonds is 5. The minimum atomic E-state index is -0.493. The van der Waals surface area contributed by atoms with Gasteiger partial charge in [0.15, 0.2) is 0 Å². The van der Waals surface area contributed by atoms with Gasteiger partial charge in [0.05, 0.1) is 5.69 Å². The summed E-state index contributed by atoms with van der Waals surface area (Å²) in [6.45, 7) is 3.60. The second-order valence-electron chi connectivity index (χ2n) is 4.02. The summed E-state index contributed by atoms with van der Waals surface area (Å²) in [6, 6.07) is 5.10. The molecule has 0 amide bonds. The van der Waals surface area contributed by atoms with Crippen molar-refractivity contribution in [2.24, 2.45) is 0 Å². The maximum Gasteiger partial charge on any atom is 0.149 e. The number of nitrogens with zero attached hydrogens (tertiary/aromatic N) is 2. The zero-order valence-corrected chi connectivity index (χ0v) is 10.2. The molecule has 0 atom stereocenters. The van der Waals surface area contributed by atoms with Crippen molar-refractivity contribution >= 4 is 0 Å². The van der Waals surface area contributed by atoms with Crippen molar-refractivity contribution in [3.63, 3.8) is 0 Å². The molecule has 0 aliphatic heterocycles. The molecular weight excluding hydrogens is 236 g/mol. The second kappa shape index (κ2) is 5.73. The van der Waals surface area contributed by atoms with Gasteiger partial charge in [0, 0.05) is 18.8 Å². The predicted molar refractivity (Wildman–Crippen MR) is 65.5 cm³/mol. The largest absolute Gasteiger partial charge is 0.311 e. The van der Waals surface area contributed by atoms with E-state index in [-0.39, 0.29) is 5.69 Å². The molecule has 0 spiro atoms. The first-order valence-corrected chi connectivity index (χ1v) is 5.91. The van der Waals surface area contributed by atoms with Crippen LogP contribution >= 0.6 is 0 Å². The third-order valence-electron chi connectivity index (χ3n) is 2.53. The van der Waals surface area contributed by atoms with Crippen molar-refractivity contribution in [3.05, 3.63) is 47.8 Å². The summed E-state index contributed by atoms with van der Waals surface area (Å²) < 4.78 is 27.9. The Balaban J connectivity index is 2.16. The summed E-state index contributed by atoms with van der Waals surface area (Å²) in [5, 5.41) is 7.40. The van der Waals surface area contributed by atoms with E-state index in [2.05, 4.69) is 17.3 Å². The van der Waals surface area contributed by atoms with Gasteiger partial charge >= 0.3 is 0 Å². The third-order valence-corrected chi connectivity index (χ3v) is 2.53. The van der Waals surface area contributed by atoms with Crippen LogP contribution in [-0.2, 0) is 6.54 Å². The van der Waals surface area contributed by atoms with Crippen molar-refractivity contribution in [1.29, 1.82) is 0 Å². The number of halogens is 2. The standard InChI is InChI=1S/C13H15F2N3/c1-2-6-16-9-11-5-7-18(17-11)13-8-10(14)3-4-12(13)15/h3-5,7-8,16H,2,6,9H2,1H3. The minimum absolute atomic E-state index is 0.122. The molecule has 1 N–H and O–H groups in total. The molecule has 18 heavy (non-hydrogen) atoms. The highest BCUT2D eigenvalue weighted by Crippen LogP contribution is 2.14. The van der Waals surface area contributed by atoms with Crippen molar-refractivity contribution in [1.82, 2.24) is 15.1 Å². The monoisotopic (exact) mass is 251 g/mol. The van der Waals surface area contributed by atoms with Crippen LogP contribution in [0.3, 0.4) is 0 Å². The van der Waals surface area contributed by atoms with E-state index in [9.17, 15) is 8.78 Å². The van der Waals surface area contributed by atoms with Gasteiger partial charge in [-0.25, -0.2) is 13.5 Å². The van der Waals surface area contributed by atoms with E-state index in [1.807, 2.05) is 0 Å². The Kier molecular flexibility index (Phi) is 4.04. The Morgan fingerprint density at radius 1 is 1.28 bits per heavy atom. The van der Waals surface area contributed by atoms with Crippen LogP contribution in [0, 0.1) is 11.6 Å². The lowest BCUT2D eigenvalue weighted by atomic mass is 10.3.